The van der Waals surface area contributed by atoms with Gasteiger partial charge < -0.3 is 10.2 Å². The lowest BCUT2D eigenvalue weighted by Gasteiger charge is -2.33. The number of amides is 2. The molecule has 214 valence electrons. The van der Waals surface area contributed by atoms with Gasteiger partial charge in [-0.15, -0.1) is 0 Å². The average molecular weight is 584 g/mol. The molecule has 0 saturated carbocycles. The standard InChI is InChI=1S/C31H38ClN3O4S/c1-22(2)19-33-31(37)29(18-25-10-7-6-8-11-25)34(20-26-12-9-13-27(32)17-26)30(36)21-35(40(5,38)39)28-15-14-23(3)24(4)16-28/h6-17,22,29H,18-21H2,1-5H3,(H,33,37)/t29-/m1/s1. The average Bonchev–Trinajstić information content (AvgIpc) is 2.89. The van der Waals surface area contributed by atoms with E-state index >= 15 is 0 Å². The summed E-state index contributed by atoms with van der Waals surface area (Å²) in [5, 5.41) is 3.47. The molecule has 1 atom stereocenters. The molecule has 0 aliphatic heterocycles. The Bertz CT molecular complexity index is 1430. The second-order valence-corrected chi connectivity index (χ2v) is 12.9. The van der Waals surface area contributed by atoms with Crippen LogP contribution in [0.4, 0.5) is 5.69 Å². The smallest absolute Gasteiger partial charge is 0.244 e. The third-order valence-corrected chi connectivity index (χ3v) is 8.03. The van der Waals surface area contributed by atoms with Crippen molar-refractivity contribution in [3.05, 3.63) is 100 Å². The highest BCUT2D eigenvalue weighted by atomic mass is 35.5. The number of benzene rings is 3. The van der Waals surface area contributed by atoms with Crippen molar-refractivity contribution >= 4 is 39.1 Å². The van der Waals surface area contributed by atoms with E-state index in [-0.39, 0.29) is 24.8 Å². The maximum atomic E-state index is 14.1. The molecule has 0 aliphatic rings. The fourth-order valence-electron chi connectivity index (χ4n) is 4.30. The molecule has 0 radical (unpaired) electrons. The fourth-order valence-corrected chi connectivity index (χ4v) is 5.36. The summed E-state index contributed by atoms with van der Waals surface area (Å²) in [7, 11) is -3.82. The normalized spacial score (nSPS) is 12.2. The highest BCUT2D eigenvalue weighted by Crippen LogP contribution is 2.23. The van der Waals surface area contributed by atoms with Crippen molar-refractivity contribution in [1.29, 1.82) is 0 Å². The first kappa shape index (κ1) is 31.2. The molecule has 0 saturated heterocycles. The first-order chi connectivity index (χ1) is 18.8. The highest BCUT2D eigenvalue weighted by Gasteiger charge is 2.33. The maximum absolute atomic E-state index is 14.1. The number of nitrogens with one attached hydrogen (secondary N) is 1. The second kappa shape index (κ2) is 13.8. The van der Waals surface area contributed by atoms with Crippen molar-refractivity contribution in [2.75, 3.05) is 23.7 Å². The Morgan fingerprint density at radius 2 is 1.57 bits per heavy atom. The van der Waals surface area contributed by atoms with Gasteiger partial charge in [0.25, 0.3) is 0 Å². The molecule has 3 aromatic rings. The first-order valence-corrected chi connectivity index (χ1v) is 15.5. The van der Waals surface area contributed by atoms with E-state index in [4.69, 9.17) is 11.6 Å². The second-order valence-electron chi connectivity index (χ2n) is 10.5. The molecule has 0 aliphatic carbocycles. The molecule has 3 aromatic carbocycles. The number of carbonyl (C=O) groups excluding carboxylic acids is 2. The summed E-state index contributed by atoms with van der Waals surface area (Å²) in [6.45, 7) is 7.89. The lowest BCUT2D eigenvalue weighted by molar-refractivity contribution is -0.140. The van der Waals surface area contributed by atoms with E-state index in [0.29, 0.717) is 17.3 Å². The van der Waals surface area contributed by atoms with Crippen LogP contribution >= 0.6 is 11.6 Å². The van der Waals surface area contributed by atoms with E-state index in [0.717, 1.165) is 32.8 Å². The molecule has 7 nitrogen and oxygen atoms in total. The molecule has 0 unspecified atom stereocenters. The molecular weight excluding hydrogens is 546 g/mol. The Morgan fingerprint density at radius 1 is 0.900 bits per heavy atom. The maximum Gasteiger partial charge on any atom is 0.244 e. The third-order valence-electron chi connectivity index (χ3n) is 6.66. The quantitative estimate of drug-likeness (QED) is 0.320. The third kappa shape index (κ3) is 8.83. The van der Waals surface area contributed by atoms with Gasteiger partial charge in [0.2, 0.25) is 21.8 Å². The number of aryl methyl sites for hydroxylation is 2. The Balaban J connectivity index is 2.06. The van der Waals surface area contributed by atoms with E-state index in [1.54, 1.807) is 30.3 Å². The predicted octanol–water partition coefficient (Wildman–Crippen LogP) is 5.14. The highest BCUT2D eigenvalue weighted by molar-refractivity contribution is 7.92. The minimum Gasteiger partial charge on any atom is -0.354 e. The predicted molar refractivity (Wildman–Crippen MR) is 162 cm³/mol. The van der Waals surface area contributed by atoms with Crippen molar-refractivity contribution in [3.8, 4) is 0 Å². The first-order valence-electron chi connectivity index (χ1n) is 13.3. The molecule has 9 heteroatoms. The zero-order valence-corrected chi connectivity index (χ0v) is 25.3. The number of hydrogen-bond acceptors (Lipinski definition) is 4. The van der Waals surface area contributed by atoms with Gasteiger partial charge in [0.1, 0.15) is 12.6 Å². The largest absolute Gasteiger partial charge is 0.354 e. The summed E-state index contributed by atoms with van der Waals surface area (Å²) < 4.78 is 26.9. The number of anilines is 1. The molecule has 0 fully saturated rings. The summed E-state index contributed by atoms with van der Waals surface area (Å²) >= 11 is 6.25. The van der Waals surface area contributed by atoms with E-state index in [9.17, 15) is 18.0 Å². The summed E-state index contributed by atoms with van der Waals surface area (Å²) in [5.74, 6) is -0.585. The van der Waals surface area contributed by atoms with Crippen LogP contribution in [-0.2, 0) is 32.6 Å². The minimum atomic E-state index is -3.82. The van der Waals surface area contributed by atoms with Crippen LogP contribution in [0.1, 0.15) is 36.1 Å². The Morgan fingerprint density at radius 3 is 2.17 bits per heavy atom. The van der Waals surface area contributed by atoms with Gasteiger partial charge in [-0.1, -0.05) is 74.0 Å². The number of nitrogens with zero attached hydrogens (tertiary/aromatic N) is 2. The summed E-state index contributed by atoms with van der Waals surface area (Å²) in [6.07, 6.45) is 1.34. The fraction of sp³-hybridized carbons (Fsp3) is 0.355. The lowest BCUT2D eigenvalue weighted by Crippen LogP contribution is -2.53. The van der Waals surface area contributed by atoms with Crippen LogP contribution in [0.25, 0.3) is 0 Å². The topological polar surface area (TPSA) is 86.8 Å². The molecule has 0 bridgehead atoms. The number of halogens is 1. The van der Waals surface area contributed by atoms with E-state index in [2.05, 4.69) is 5.32 Å². The van der Waals surface area contributed by atoms with Crippen LogP contribution in [0.5, 0.6) is 0 Å². The zero-order chi connectivity index (χ0) is 29.4. The van der Waals surface area contributed by atoms with Gasteiger partial charge in [-0.25, -0.2) is 8.42 Å². The number of hydrogen-bond donors (Lipinski definition) is 1. The van der Waals surface area contributed by atoms with Crippen molar-refractivity contribution in [2.45, 2.75) is 46.7 Å². The van der Waals surface area contributed by atoms with Gasteiger partial charge >= 0.3 is 0 Å². The van der Waals surface area contributed by atoms with Gasteiger partial charge in [0.05, 0.1) is 11.9 Å². The number of carbonyl (C=O) groups is 2. The molecule has 0 heterocycles. The summed E-state index contributed by atoms with van der Waals surface area (Å²) in [4.78, 5) is 29.2. The molecular formula is C31H38ClN3O4S. The number of sulfonamides is 1. The zero-order valence-electron chi connectivity index (χ0n) is 23.7. The van der Waals surface area contributed by atoms with Crippen molar-refractivity contribution < 1.29 is 18.0 Å². The Labute approximate surface area is 243 Å². The molecule has 3 rings (SSSR count). The molecule has 0 aromatic heterocycles. The van der Waals surface area contributed by atoms with Gasteiger partial charge in [0.15, 0.2) is 0 Å². The SMILES string of the molecule is Cc1ccc(N(CC(=O)N(Cc2cccc(Cl)c2)[C@H](Cc2ccccc2)C(=O)NCC(C)C)S(C)(=O)=O)cc1C. The molecule has 1 N–H and O–H groups in total. The van der Waals surface area contributed by atoms with Crippen LogP contribution in [0.2, 0.25) is 5.02 Å². The van der Waals surface area contributed by atoms with Crippen LogP contribution in [0, 0.1) is 19.8 Å². The van der Waals surface area contributed by atoms with Gasteiger partial charge in [-0.2, -0.15) is 0 Å². The minimum absolute atomic E-state index is 0.0799. The van der Waals surface area contributed by atoms with Crippen molar-refractivity contribution in [3.63, 3.8) is 0 Å². The van der Waals surface area contributed by atoms with Crippen molar-refractivity contribution in [1.82, 2.24) is 10.2 Å². The summed E-state index contributed by atoms with van der Waals surface area (Å²) in [5.41, 5.74) is 3.92. The summed E-state index contributed by atoms with van der Waals surface area (Å²) in [6, 6.07) is 20.9. The van der Waals surface area contributed by atoms with E-state index < -0.39 is 28.5 Å². The van der Waals surface area contributed by atoms with E-state index in [1.807, 2.05) is 70.2 Å². The van der Waals surface area contributed by atoms with Gasteiger partial charge in [-0.05, 0) is 66.3 Å². The molecule has 2 amide bonds. The van der Waals surface area contributed by atoms with Crippen LogP contribution in [-0.4, -0.2) is 50.5 Å². The van der Waals surface area contributed by atoms with Crippen LogP contribution in [0.15, 0.2) is 72.8 Å². The van der Waals surface area contributed by atoms with Crippen LogP contribution < -0.4 is 9.62 Å². The molecule has 0 spiro atoms. The van der Waals surface area contributed by atoms with Gasteiger partial charge in [-0.3, -0.25) is 13.9 Å². The lowest BCUT2D eigenvalue weighted by atomic mass is 10.0. The Hall–Kier alpha value is -3.36. The van der Waals surface area contributed by atoms with Crippen molar-refractivity contribution in [2.24, 2.45) is 5.92 Å². The van der Waals surface area contributed by atoms with Gasteiger partial charge in [0, 0.05) is 24.5 Å². The monoisotopic (exact) mass is 583 g/mol. The molecule has 40 heavy (non-hydrogen) atoms. The van der Waals surface area contributed by atoms with E-state index in [1.165, 1.54) is 4.90 Å². The van der Waals surface area contributed by atoms with Crippen LogP contribution in [0.3, 0.4) is 0 Å². The Kier molecular flexibility index (Phi) is 10.8. The number of rotatable bonds is 12.